The summed E-state index contributed by atoms with van der Waals surface area (Å²) in [5.41, 5.74) is 3.31. The van der Waals surface area contributed by atoms with Crippen LogP contribution in [0.25, 0.3) is 10.9 Å². The predicted octanol–water partition coefficient (Wildman–Crippen LogP) is 3.57. The molecule has 19 heavy (non-hydrogen) atoms. The third-order valence-corrected chi connectivity index (χ3v) is 4.06. The summed E-state index contributed by atoms with van der Waals surface area (Å²) in [5, 5.41) is 10.9. The molecule has 0 aliphatic rings. The first-order valence-electron chi connectivity index (χ1n) is 5.87. The number of fused-ring (bicyclic) bond motifs is 1. The number of aryl methyl sites for hydroxylation is 1. The lowest BCUT2D eigenvalue weighted by atomic mass is 10.2. The van der Waals surface area contributed by atoms with Crippen molar-refractivity contribution in [1.82, 2.24) is 9.97 Å². The Kier molecular flexibility index (Phi) is 2.73. The Bertz CT molecular complexity index is 778. The van der Waals surface area contributed by atoms with Gasteiger partial charge in [0.15, 0.2) is 5.13 Å². The van der Waals surface area contributed by atoms with E-state index in [1.165, 1.54) is 11.3 Å². The standard InChI is InChI=1S/C14H12N4S/c1-9-13(11-5-3-4-6-12(11)17-9)18(2)14-16-8-10(7-15)19-14/h3-6,8,17H,1-2H3. The second-order valence-corrected chi connectivity index (χ2v) is 5.33. The van der Waals surface area contributed by atoms with Crippen molar-refractivity contribution in [2.75, 3.05) is 11.9 Å². The van der Waals surface area contributed by atoms with Gasteiger partial charge in [0.2, 0.25) is 0 Å². The number of para-hydroxylation sites is 1. The summed E-state index contributed by atoms with van der Waals surface area (Å²) in [6, 6.07) is 10.3. The Labute approximate surface area is 114 Å². The smallest absolute Gasteiger partial charge is 0.190 e. The van der Waals surface area contributed by atoms with E-state index in [-0.39, 0.29) is 0 Å². The van der Waals surface area contributed by atoms with Crippen LogP contribution in [0.2, 0.25) is 0 Å². The minimum Gasteiger partial charge on any atom is -0.357 e. The molecule has 4 nitrogen and oxygen atoms in total. The van der Waals surface area contributed by atoms with Crippen molar-refractivity contribution in [3.05, 3.63) is 41.0 Å². The molecule has 0 atom stereocenters. The number of benzene rings is 1. The molecule has 1 N–H and O–H groups in total. The first-order chi connectivity index (χ1) is 9.20. The predicted molar refractivity (Wildman–Crippen MR) is 77.9 cm³/mol. The summed E-state index contributed by atoms with van der Waals surface area (Å²) in [5.74, 6) is 0. The largest absolute Gasteiger partial charge is 0.357 e. The van der Waals surface area contributed by atoms with Gasteiger partial charge >= 0.3 is 0 Å². The Hall–Kier alpha value is -2.32. The number of aromatic amines is 1. The van der Waals surface area contributed by atoms with Crippen molar-refractivity contribution in [2.45, 2.75) is 6.92 Å². The molecule has 0 fully saturated rings. The number of nitrogens with one attached hydrogen (secondary N) is 1. The van der Waals surface area contributed by atoms with Gasteiger partial charge in [0.1, 0.15) is 10.9 Å². The molecule has 0 spiro atoms. The molecule has 1 aromatic carbocycles. The van der Waals surface area contributed by atoms with Gasteiger partial charge in [-0.3, -0.25) is 0 Å². The van der Waals surface area contributed by atoms with E-state index < -0.39 is 0 Å². The van der Waals surface area contributed by atoms with E-state index in [4.69, 9.17) is 5.26 Å². The first-order valence-corrected chi connectivity index (χ1v) is 6.69. The molecular formula is C14H12N4S. The van der Waals surface area contributed by atoms with Crippen LogP contribution in [0.1, 0.15) is 10.6 Å². The normalized spacial score (nSPS) is 10.6. The molecule has 0 aliphatic heterocycles. The van der Waals surface area contributed by atoms with E-state index in [2.05, 4.69) is 28.2 Å². The molecule has 94 valence electrons. The second-order valence-electron chi connectivity index (χ2n) is 4.32. The molecule has 0 bridgehead atoms. The van der Waals surface area contributed by atoms with E-state index in [1.807, 2.05) is 31.0 Å². The van der Waals surface area contributed by atoms with Crippen molar-refractivity contribution in [1.29, 1.82) is 5.26 Å². The molecule has 3 aromatic rings. The van der Waals surface area contributed by atoms with Gasteiger partial charge in [-0.2, -0.15) is 5.26 Å². The molecule has 0 amide bonds. The summed E-state index contributed by atoms with van der Waals surface area (Å²) < 4.78 is 0. The quantitative estimate of drug-likeness (QED) is 0.773. The Morgan fingerprint density at radius 1 is 1.37 bits per heavy atom. The number of rotatable bonds is 2. The van der Waals surface area contributed by atoms with Crippen molar-refractivity contribution >= 4 is 33.1 Å². The fourth-order valence-electron chi connectivity index (χ4n) is 2.26. The number of thiazole rings is 1. The number of H-pyrrole nitrogens is 1. The maximum atomic E-state index is 8.89. The summed E-state index contributed by atoms with van der Waals surface area (Å²) in [7, 11) is 1.97. The summed E-state index contributed by atoms with van der Waals surface area (Å²) >= 11 is 1.40. The molecule has 0 unspecified atom stereocenters. The van der Waals surface area contributed by atoms with Gasteiger partial charge in [-0.1, -0.05) is 29.5 Å². The van der Waals surface area contributed by atoms with Crippen LogP contribution in [-0.2, 0) is 0 Å². The van der Waals surface area contributed by atoms with E-state index >= 15 is 0 Å². The van der Waals surface area contributed by atoms with Crippen molar-refractivity contribution < 1.29 is 0 Å². The molecule has 0 saturated heterocycles. The molecule has 3 rings (SSSR count). The fourth-order valence-corrected chi connectivity index (χ4v) is 2.94. The van der Waals surface area contributed by atoms with E-state index in [1.54, 1.807) is 6.20 Å². The first kappa shape index (κ1) is 11.8. The summed E-state index contributed by atoms with van der Waals surface area (Å²) in [4.78, 5) is 10.3. The van der Waals surface area contributed by atoms with Gasteiger partial charge in [-0.15, -0.1) is 0 Å². The lowest BCUT2D eigenvalue weighted by Crippen LogP contribution is -2.09. The van der Waals surface area contributed by atoms with Crippen molar-refractivity contribution in [3.63, 3.8) is 0 Å². The summed E-state index contributed by atoms with van der Waals surface area (Å²) in [6.45, 7) is 2.05. The van der Waals surface area contributed by atoms with Crippen LogP contribution in [0, 0.1) is 18.3 Å². The zero-order chi connectivity index (χ0) is 13.4. The molecule has 2 aromatic heterocycles. The van der Waals surface area contributed by atoms with E-state index in [0.717, 1.165) is 27.4 Å². The monoisotopic (exact) mass is 268 g/mol. The number of hydrogen-bond acceptors (Lipinski definition) is 4. The fraction of sp³-hybridized carbons (Fsp3) is 0.143. The van der Waals surface area contributed by atoms with E-state index in [0.29, 0.717) is 4.88 Å². The zero-order valence-electron chi connectivity index (χ0n) is 10.6. The average molecular weight is 268 g/mol. The highest BCUT2D eigenvalue weighted by molar-refractivity contribution is 7.16. The van der Waals surface area contributed by atoms with Gasteiger partial charge in [0, 0.05) is 23.6 Å². The lowest BCUT2D eigenvalue weighted by Gasteiger charge is -2.16. The van der Waals surface area contributed by atoms with Gasteiger partial charge in [0.25, 0.3) is 0 Å². The zero-order valence-corrected chi connectivity index (χ0v) is 11.5. The molecule has 5 heteroatoms. The number of hydrogen-bond donors (Lipinski definition) is 1. The van der Waals surface area contributed by atoms with Crippen molar-refractivity contribution in [2.24, 2.45) is 0 Å². The van der Waals surface area contributed by atoms with Gasteiger partial charge in [-0.25, -0.2) is 4.98 Å². The SMILES string of the molecule is Cc1[nH]c2ccccc2c1N(C)c1ncc(C#N)s1. The second kappa shape index (κ2) is 4.41. The van der Waals surface area contributed by atoms with Gasteiger partial charge in [-0.05, 0) is 13.0 Å². The molecular weight excluding hydrogens is 256 g/mol. The average Bonchev–Trinajstić information content (AvgIpc) is 3.01. The van der Waals surface area contributed by atoms with Crippen LogP contribution in [0.4, 0.5) is 10.8 Å². The Balaban J connectivity index is 2.13. The minimum atomic E-state index is 0.624. The van der Waals surface area contributed by atoms with Gasteiger partial charge in [0.05, 0.1) is 11.9 Å². The highest BCUT2D eigenvalue weighted by atomic mass is 32.1. The lowest BCUT2D eigenvalue weighted by molar-refractivity contribution is 1.15. The number of anilines is 2. The topological polar surface area (TPSA) is 55.7 Å². The summed E-state index contributed by atoms with van der Waals surface area (Å²) in [6.07, 6.45) is 1.61. The molecule has 0 saturated carbocycles. The molecule has 2 heterocycles. The van der Waals surface area contributed by atoms with E-state index in [9.17, 15) is 0 Å². The highest BCUT2D eigenvalue weighted by Gasteiger charge is 2.16. The molecule has 0 aliphatic carbocycles. The highest BCUT2D eigenvalue weighted by Crippen LogP contribution is 2.35. The Morgan fingerprint density at radius 2 is 2.16 bits per heavy atom. The Morgan fingerprint density at radius 3 is 2.89 bits per heavy atom. The van der Waals surface area contributed by atoms with Crippen LogP contribution in [0.15, 0.2) is 30.5 Å². The maximum Gasteiger partial charge on any atom is 0.190 e. The third kappa shape index (κ3) is 1.86. The minimum absolute atomic E-state index is 0.624. The third-order valence-electron chi connectivity index (χ3n) is 3.09. The van der Waals surface area contributed by atoms with Crippen LogP contribution in [0.3, 0.4) is 0 Å². The maximum absolute atomic E-state index is 8.89. The van der Waals surface area contributed by atoms with Crippen molar-refractivity contribution in [3.8, 4) is 6.07 Å². The van der Waals surface area contributed by atoms with Crippen LogP contribution in [0.5, 0.6) is 0 Å². The number of aromatic nitrogens is 2. The van der Waals surface area contributed by atoms with Gasteiger partial charge < -0.3 is 9.88 Å². The van der Waals surface area contributed by atoms with Crippen LogP contribution < -0.4 is 4.90 Å². The van der Waals surface area contributed by atoms with Crippen LogP contribution in [-0.4, -0.2) is 17.0 Å². The van der Waals surface area contributed by atoms with Crippen LogP contribution >= 0.6 is 11.3 Å². The molecule has 0 radical (unpaired) electrons. The number of nitriles is 1. The number of nitrogens with zero attached hydrogens (tertiary/aromatic N) is 3.